The summed E-state index contributed by atoms with van der Waals surface area (Å²) in [5.41, 5.74) is 5.33. The van der Waals surface area contributed by atoms with Crippen molar-refractivity contribution in [2.24, 2.45) is 0 Å². The molecular weight excluding hydrogens is 436 g/mol. The van der Waals surface area contributed by atoms with Crippen molar-refractivity contribution < 1.29 is 9.64 Å². The van der Waals surface area contributed by atoms with Gasteiger partial charge in [-0.1, -0.05) is 22.9 Å². The van der Waals surface area contributed by atoms with Gasteiger partial charge in [0, 0.05) is 46.5 Å². The quantitative estimate of drug-likeness (QED) is 0.539. The van der Waals surface area contributed by atoms with Crippen LogP contribution in [0, 0.1) is 0 Å². The van der Waals surface area contributed by atoms with Crippen LogP contribution in [0.3, 0.4) is 0 Å². The number of benzene rings is 2. The summed E-state index contributed by atoms with van der Waals surface area (Å²) in [7, 11) is 2.29. The standard InChI is InChI=1S/C26H35BrN2O/c1-7-26(5)22-17-20(27)13-15-23(22)28(6)25(26)16-12-19-11-14-21(29(8-2)9-3)18-24(19)30-10-4/h11-18,25H,7-10H2,1-6H3/p+1/b16-12+. The minimum Gasteiger partial charge on any atom is -0.493 e. The van der Waals surface area contributed by atoms with Crippen molar-refractivity contribution in [3.8, 4) is 5.75 Å². The molecule has 0 bridgehead atoms. The molecule has 0 saturated heterocycles. The Bertz CT molecular complexity index is 906. The van der Waals surface area contributed by atoms with E-state index in [0.717, 1.165) is 35.3 Å². The van der Waals surface area contributed by atoms with Gasteiger partial charge in [0.25, 0.3) is 0 Å². The van der Waals surface area contributed by atoms with E-state index in [4.69, 9.17) is 4.74 Å². The first kappa shape index (κ1) is 22.9. The molecule has 0 fully saturated rings. The fourth-order valence-corrected chi connectivity index (χ4v) is 5.20. The van der Waals surface area contributed by atoms with Gasteiger partial charge in [0.2, 0.25) is 0 Å². The second-order valence-corrected chi connectivity index (χ2v) is 9.22. The maximum atomic E-state index is 6.02. The van der Waals surface area contributed by atoms with Crippen molar-refractivity contribution in [2.45, 2.75) is 52.5 Å². The third-order valence-electron chi connectivity index (χ3n) is 6.80. The Morgan fingerprint density at radius 1 is 1.10 bits per heavy atom. The number of anilines is 1. The van der Waals surface area contributed by atoms with Crippen LogP contribution in [0.25, 0.3) is 6.08 Å². The summed E-state index contributed by atoms with van der Waals surface area (Å²) in [6, 6.07) is 13.7. The SMILES string of the molecule is CCOc1cc(N(CC)CC)ccc1/C=C/C1[NH+](C)c2ccc(Br)cc2C1(C)CC. The van der Waals surface area contributed by atoms with Crippen molar-refractivity contribution in [3.05, 3.63) is 58.1 Å². The average molecular weight is 472 g/mol. The topological polar surface area (TPSA) is 16.9 Å². The van der Waals surface area contributed by atoms with Crippen LogP contribution >= 0.6 is 15.9 Å². The van der Waals surface area contributed by atoms with Crippen LogP contribution in [0.4, 0.5) is 11.4 Å². The highest BCUT2D eigenvalue weighted by molar-refractivity contribution is 9.10. The van der Waals surface area contributed by atoms with Crippen molar-refractivity contribution in [3.63, 3.8) is 0 Å². The van der Waals surface area contributed by atoms with Crippen LogP contribution in [0.2, 0.25) is 0 Å². The summed E-state index contributed by atoms with van der Waals surface area (Å²) < 4.78 is 7.18. The summed E-state index contributed by atoms with van der Waals surface area (Å²) in [6.07, 6.45) is 5.75. The summed E-state index contributed by atoms with van der Waals surface area (Å²) in [4.78, 5) is 3.81. The lowest BCUT2D eigenvalue weighted by Gasteiger charge is -2.28. The molecular formula is C26H36BrN2O+. The van der Waals surface area contributed by atoms with Gasteiger partial charge in [-0.25, -0.2) is 0 Å². The number of nitrogens with one attached hydrogen (secondary N) is 1. The number of hydrogen-bond donors (Lipinski definition) is 1. The van der Waals surface area contributed by atoms with E-state index < -0.39 is 0 Å². The van der Waals surface area contributed by atoms with Crippen LogP contribution in [-0.4, -0.2) is 32.8 Å². The minimum atomic E-state index is 0.104. The predicted molar refractivity (Wildman–Crippen MR) is 132 cm³/mol. The second kappa shape index (κ2) is 9.57. The molecule has 3 nitrogen and oxygen atoms in total. The number of halogens is 1. The molecule has 162 valence electrons. The maximum absolute atomic E-state index is 6.02. The Labute approximate surface area is 190 Å². The Kier molecular flexibility index (Phi) is 7.30. The molecule has 2 aromatic rings. The van der Waals surface area contributed by atoms with E-state index in [1.54, 1.807) is 0 Å². The van der Waals surface area contributed by atoms with Gasteiger partial charge in [-0.3, -0.25) is 4.90 Å². The van der Waals surface area contributed by atoms with E-state index in [9.17, 15) is 0 Å². The third kappa shape index (κ3) is 4.17. The van der Waals surface area contributed by atoms with Gasteiger partial charge >= 0.3 is 0 Å². The summed E-state index contributed by atoms with van der Waals surface area (Å²) in [5, 5.41) is 0. The first-order valence-electron chi connectivity index (χ1n) is 11.2. The molecule has 0 amide bonds. The number of nitrogens with zero attached hydrogens (tertiary/aromatic N) is 1. The fraction of sp³-hybridized carbons (Fsp3) is 0.462. The fourth-order valence-electron chi connectivity index (χ4n) is 4.84. The second-order valence-electron chi connectivity index (χ2n) is 8.31. The van der Waals surface area contributed by atoms with Crippen molar-refractivity contribution >= 4 is 33.4 Å². The molecule has 0 aromatic heterocycles. The molecule has 1 aliphatic rings. The Morgan fingerprint density at radius 3 is 2.47 bits per heavy atom. The van der Waals surface area contributed by atoms with Gasteiger partial charge < -0.3 is 9.64 Å². The zero-order valence-corrected chi connectivity index (χ0v) is 20.8. The Hall–Kier alpha value is -1.78. The van der Waals surface area contributed by atoms with Crippen LogP contribution in [0.15, 0.2) is 46.9 Å². The number of rotatable bonds is 8. The van der Waals surface area contributed by atoms with Crippen molar-refractivity contribution in [1.29, 1.82) is 0 Å². The molecule has 30 heavy (non-hydrogen) atoms. The van der Waals surface area contributed by atoms with Crippen LogP contribution in [0.5, 0.6) is 5.75 Å². The molecule has 0 radical (unpaired) electrons. The smallest absolute Gasteiger partial charge is 0.135 e. The van der Waals surface area contributed by atoms with E-state index in [-0.39, 0.29) is 5.41 Å². The summed E-state index contributed by atoms with van der Waals surface area (Å²) in [5.74, 6) is 0.965. The molecule has 1 aliphatic heterocycles. The van der Waals surface area contributed by atoms with Gasteiger partial charge in [-0.05, 0) is 70.5 Å². The molecule has 1 heterocycles. The first-order chi connectivity index (χ1) is 14.4. The highest BCUT2D eigenvalue weighted by Crippen LogP contribution is 2.41. The first-order valence-corrected chi connectivity index (χ1v) is 12.0. The maximum Gasteiger partial charge on any atom is 0.135 e. The number of quaternary nitrogens is 1. The highest BCUT2D eigenvalue weighted by atomic mass is 79.9. The van der Waals surface area contributed by atoms with Crippen molar-refractivity contribution in [2.75, 3.05) is 31.6 Å². The van der Waals surface area contributed by atoms with Gasteiger partial charge in [0.1, 0.15) is 17.5 Å². The van der Waals surface area contributed by atoms with Crippen LogP contribution in [-0.2, 0) is 5.41 Å². The number of likely N-dealkylation sites (N-methyl/N-ethyl adjacent to an activating group) is 1. The minimum absolute atomic E-state index is 0.104. The molecule has 3 atom stereocenters. The molecule has 0 aliphatic carbocycles. The molecule has 3 unspecified atom stereocenters. The normalized spacial score (nSPS) is 23.0. The van der Waals surface area contributed by atoms with Gasteiger partial charge in [0.15, 0.2) is 0 Å². The van der Waals surface area contributed by atoms with E-state index in [2.05, 4.69) is 111 Å². The molecule has 1 N–H and O–H groups in total. The Morgan fingerprint density at radius 2 is 1.83 bits per heavy atom. The van der Waals surface area contributed by atoms with Gasteiger partial charge in [0.05, 0.1) is 19.1 Å². The lowest BCUT2D eigenvalue weighted by atomic mass is 9.76. The van der Waals surface area contributed by atoms with E-state index >= 15 is 0 Å². The zero-order valence-electron chi connectivity index (χ0n) is 19.3. The monoisotopic (exact) mass is 471 g/mol. The lowest BCUT2D eigenvalue weighted by molar-refractivity contribution is -0.828. The van der Waals surface area contributed by atoms with Crippen LogP contribution < -0.4 is 14.5 Å². The van der Waals surface area contributed by atoms with Gasteiger partial charge in [-0.2, -0.15) is 0 Å². The van der Waals surface area contributed by atoms with Crippen molar-refractivity contribution in [1.82, 2.24) is 0 Å². The molecule has 4 heteroatoms. The van der Waals surface area contributed by atoms with E-state index in [0.29, 0.717) is 12.6 Å². The molecule has 3 rings (SSSR count). The number of hydrogen-bond acceptors (Lipinski definition) is 2. The van der Waals surface area contributed by atoms with E-state index in [1.165, 1.54) is 21.8 Å². The largest absolute Gasteiger partial charge is 0.493 e. The Balaban J connectivity index is 1.96. The number of ether oxygens (including phenoxy) is 1. The molecule has 2 aromatic carbocycles. The number of fused-ring (bicyclic) bond motifs is 1. The molecule has 0 spiro atoms. The van der Waals surface area contributed by atoms with Gasteiger partial charge in [-0.15, -0.1) is 0 Å². The third-order valence-corrected chi connectivity index (χ3v) is 7.30. The molecule has 0 saturated carbocycles. The lowest BCUT2D eigenvalue weighted by Crippen LogP contribution is -3.07. The summed E-state index contributed by atoms with van der Waals surface area (Å²) in [6.45, 7) is 13.8. The zero-order chi connectivity index (χ0) is 21.9. The van der Waals surface area contributed by atoms with E-state index in [1.807, 2.05) is 0 Å². The summed E-state index contributed by atoms with van der Waals surface area (Å²) >= 11 is 3.67. The highest BCUT2D eigenvalue weighted by Gasteiger charge is 2.48. The average Bonchev–Trinajstić information content (AvgIpc) is 2.95. The predicted octanol–water partition coefficient (Wildman–Crippen LogP) is 5.60. The van der Waals surface area contributed by atoms with Crippen LogP contribution in [0.1, 0.15) is 52.2 Å².